The molecule has 1 N–H and O–H groups in total. The van der Waals surface area contributed by atoms with E-state index in [1.54, 1.807) is 0 Å². The molecule has 29 heavy (non-hydrogen) atoms. The molecule has 0 aliphatic heterocycles. The van der Waals surface area contributed by atoms with Crippen LogP contribution in [-0.2, 0) is 10.2 Å². The number of benzene rings is 1. The van der Waals surface area contributed by atoms with Crippen molar-refractivity contribution in [2.24, 2.45) is 0 Å². The summed E-state index contributed by atoms with van der Waals surface area (Å²) in [4.78, 5) is 8.81. The molecule has 0 aliphatic rings. The van der Waals surface area contributed by atoms with E-state index in [1.807, 2.05) is 26.8 Å². The number of nitrogens with one attached hydrogen (secondary N) is 1. The Labute approximate surface area is 179 Å². The van der Waals surface area contributed by atoms with Crippen LogP contribution < -0.4 is 5.32 Å². The number of aldehydes is 1. The molecule has 1 aromatic carbocycles. The van der Waals surface area contributed by atoms with Gasteiger partial charge in [0.05, 0.1) is 0 Å². The Morgan fingerprint density at radius 2 is 1.69 bits per heavy atom. The van der Waals surface area contributed by atoms with Crippen molar-refractivity contribution in [3.05, 3.63) is 89.8 Å². The number of hydrogen-bond acceptors (Lipinski definition) is 2. The second-order valence-corrected chi connectivity index (χ2v) is 7.46. The van der Waals surface area contributed by atoms with Crippen LogP contribution in [0.1, 0.15) is 72.9 Å². The van der Waals surface area contributed by atoms with Gasteiger partial charge in [0.15, 0.2) is 0 Å². The molecule has 0 aliphatic carbocycles. The molecule has 160 valence electrons. The summed E-state index contributed by atoms with van der Waals surface area (Å²) in [5.41, 5.74) is 5.76. The van der Waals surface area contributed by atoms with Crippen LogP contribution in [-0.4, -0.2) is 6.29 Å². The third-order valence-corrected chi connectivity index (χ3v) is 3.56. The van der Waals surface area contributed by atoms with Crippen molar-refractivity contribution >= 4 is 12.4 Å². The van der Waals surface area contributed by atoms with E-state index in [9.17, 15) is 0 Å². The third-order valence-electron chi connectivity index (χ3n) is 3.56. The first kappa shape index (κ1) is 28.6. The Morgan fingerprint density at radius 1 is 1.10 bits per heavy atom. The maximum absolute atomic E-state index is 8.81. The first-order chi connectivity index (χ1) is 13.6. The van der Waals surface area contributed by atoms with Crippen molar-refractivity contribution in [1.82, 2.24) is 5.32 Å². The second kappa shape index (κ2) is 16.4. The first-order valence-corrected chi connectivity index (χ1v) is 10.2. The minimum absolute atomic E-state index is 0.186. The number of hydrogen-bond donors (Lipinski definition) is 1. The Morgan fingerprint density at radius 3 is 2.21 bits per heavy atom. The van der Waals surface area contributed by atoms with Crippen molar-refractivity contribution in [1.29, 1.82) is 0 Å². The molecular formula is C27H41NO. The predicted octanol–water partition coefficient (Wildman–Crippen LogP) is 7.76. The molecule has 0 heterocycles. The minimum atomic E-state index is 0.186. The van der Waals surface area contributed by atoms with Crippen LogP contribution in [0.25, 0.3) is 6.08 Å². The highest BCUT2D eigenvalue weighted by molar-refractivity contribution is 5.51. The molecular weight excluding hydrogens is 354 g/mol. The Kier molecular flexibility index (Phi) is 16.1. The zero-order valence-electron chi connectivity index (χ0n) is 19.8. The fraction of sp³-hybridized carbons (Fsp3) is 0.370. The molecule has 0 saturated carbocycles. The van der Waals surface area contributed by atoms with E-state index in [-0.39, 0.29) is 5.41 Å². The summed E-state index contributed by atoms with van der Waals surface area (Å²) in [5.74, 6) is 0. The van der Waals surface area contributed by atoms with Gasteiger partial charge in [0.1, 0.15) is 6.29 Å². The van der Waals surface area contributed by atoms with E-state index in [1.165, 1.54) is 23.6 Å². The Balaban J connectivity index is 0. The summed E-state index contributed by atoms with van der Waals surface area (Å²) in [7, 11) is 0. The molecule has 0 saturated heterocycles. The second-order valence-electron chi connectivity index (χ2n) is 7.46. The normalized spacial score (nSPS) is 11.2. The average molecular weight is 396 g/mol. The van der Waals surface area contributed by atoms with Crippen LogP contribution in [0.2, 0.25) is 0 Å². The van der Waals surface area contributed by atoms with Crippen LogP contribution >= 0.6 is 0 Å². The largest absolute Gasteiger partial charge is 0.360 e. The van der Waals surface area contributed by atoms with Crippen molar-refractivity contribution in [2.75, 3.05) is 0 Å². The van der Waals surface area contributed by atoms with Gasteiger partial charge in [-0.3, -0.25) is 0 Å². The average Bonchev–Trinajstić information content (AvgIpc) is 2.65. The number of rotatable bonds is 7. The van der Waals surface area contributed by atoms with E-state index >= 15 is 0 Å². The number of carbonyl (C=O) groups is 1. The lowest BCUT2D eigenvalue weighted by atomic mass is 9.86. The van der Waals surface area contributed by atoms with Gasteiger partial charge in [0.2, 0.25) is 0 Å². The van der Waals surface area contributed by atoms with Crippen molar-refractivity contribution in [3.8, 4) is 0 Å². The molecule has 2 nitrogen and oxygen atoms in total. The van der Waals surface area contributed by atoms with Crippen LogP contribution in [0, 0.1) is 0 Å². The zero-order valence-corrected chi connectivity index (χ0v) is 19.8. The van der Waals surface area contributed by atoms with Crippen LogP contribution in [0.5, 0.6) is 0 Å². The van der Waals surface area contributed by atoms with Crippen LogP contribution in [0.15, 0.2) is 78.7 Å². The minimum Gasteiger partial charge on any atom is -0.360 e. The monoisotopic (exact) mass is 395 g/mol. The van der Waals surface area contributed by atoms with Gasteiger partial charge in [-0.2, -0.15) is 0 Å². The fourth-order valence-electron chi connectivity index (χ4n) is 2.18. The van der Waals surface area contributed by atoms with Gasteiger partial charge >= 0.3 is 0 Å². The van der Waals surface area contributed by atoms with Crippen LogP contribution in [0.3, 0.4) is 0 Å². The maximum atomic E-state index is 8.81. The molecule has 0 radical (unpaired) electrons. The van der Waals surface area contributed by atoms with Crippen molar-refractivity contribution < 1.29 is 4.79 Å². The molecule has 0 spiro atoms. The lowest BCUT2D eigenvalue weighted by molar-refractivity contribution is -0.106. The van der Waals surface area contributed by atoms with Gasteiger partial charge in [-0.15, -0.1) is 0 Å². The third kappa shape index (κ3) is 16.1. The summed E-state index contributed by atoms with van der Waals surface area (Å²) in [6.07, 6.45) is 12.3. The quantitative estimate of drug-likeness (QED) is 0.377. The maximum Gasteiger partial charge on any atom is 0.116 e. The lowest BCUT2D eigenvalue weighted by Gasteiger charge is -2.19. The van der Waals surface area contributed by atoms with E-state index in [4.69, 9.17) is 4.79 Å². The molecule has 0 unspecified atom stereocenters. The van der Waals surface area contributed by atoms with Gasteiger partial charge in [-0.25, -0.2) is 0 Å². The fourth-order valence-corrected chi connectivity index (χ4v) is 2.18. The SMILES string of the molecule is C=C(C)NC(=C)/C=C\C(C)=C/C/C=C/c1cccc(C(C)(C)C)c1.CC.CC=O. The smallest absolute Gasteiger partial charge is 0.116 e. The van der Waals surface area contributed by atoms with Gasteiger partial charge in [0, 0.05) is 11.4 Å². The number of allylic oxidation sites excluding steroid dienone is 6. The highest BCUT2D eigenvalue weighted by Crippen LogP contribution is 2.23. The van der Waals surface area contributed by atoms with E-state index < -0.39 is 0 Å². The predicted molar refractivity (Wildman–Crippen MR) is 132 cm³/mol. The topological polar surface area (TPSA) is 29.1 Å². The summed E-state index contributed by atoms with van der Waals surface area (Å²) in [6, 6.07) is 8.73. The molecule has 0 atom stereocenters. The van der Waals surface area contributed by atoms with Gasteiger partial charge in [-0.1, -0.05) is 102 Å². The highest BCUT2D eigenvalue weighted by Gasteiger charge is 2.12. The van der Waals surface area contributed by atoms with Crippen molar-refractivity contribution in [3.63, 3.8) is 0 Å². The van der Waals surface area contributed by atoms with Crippen molar-refractivity contribution in [2.45, 2.75) is 67.2 Å². The van der Waals surface area contributed by atoms with E-state index in [0.717, 1.165) is 24.1 Å². The summed E-state index contributed by atoms with van der Waals surface area (Å²) < 4.78 is 0. The molecule has 1 aromatic rings. The van der Waals surface area contributed by atoms with Crippen LogP contribution in [0.4, 0.5) is 0 Å². The van der Waals surface area contributed by atoms with E-state index in [2.05, 4.69) is 94.7 Å². The summed E-state index contributed by atoms with van der Waals surface area (Å²) in [6.45, 7) is 23.9. The van der Waals surface area contributed by atoms with Gasteiger partial charge < -0.3 is 10.1 Å². The number of carbonyl (C=O) groups excluding carboxylic acids is 1. The molecule has 1 rings (SSSR count). The molecule has 0 bridgehead atoms. The Bertz CT molecular complexity index is 712. The van der Waals surface area contributed by atoms with E-state index in [0.29, 0.717) is 0 Å². The lowest BCUT2D eigenvalue weighted by Crippen LogP contribution is -2.10. The van der Waals surface area contributed by atoms with Gasteiger partial charge in [0.25, 0.3) is 0 Å². The molecule has 2 heteroatoms. The Hall–Kier alpha value is -2.61. The first-order valence-electron chi connectivity index (χ1n) is 10.2. The standard InChI is InChI=1S/C23H31N.C2H4O.C2H6/c1-18(2)24-20(4)16-15-19(3)11-8-9-12-21-13-10-14-22(17-21)23(5,6)7;1-2-3;1-2/h9-17,24H,1,4,8H2,2-3,5-7H3;2H,1H3;1-2H3/b12-9+,16-15-,19-11-;;. The highest BCUT2D eigenvalue weighted by atomic mass is 16.1. The summed E-state index contributed by atoms with van der Waals surface area (Å²) in [5, 5.41) is 3.09. The molecule has 0 amide bonds. The van der Waals surface area contributed by atoms with Gasteiger partial charge in [-0.05, 0) is 49.8 Å². The molecule has 0 fully saturated rings. The molecule has 0 aromatic heterocycles. The summed E-state index contributed by atoms with van der Waals surface area (Å²) >= 11 is 0. The zero-order chi connectivity index (χ0) is 22.9.